The second-order valence-electron chi connectivity index (χ2n) is 3.62. The van der Waals surface area contributed by atoms with Gasteiger partial charge in [-0.3, -0.25) is 4.79 Å². The number of rotatable bonds is 4. The maximum Gasteiger partial charge on any atom is 0.573 e. The van der Waals surface area contributed by atoms with Crippen molar-refractivity contribution in [3.63, 3.8) is 0 Å². The first-order chi connectivity index (χ1) is 8.31. The largest absolute Gasteiger partial charge is 0.573 e. The smallest absolute Gasteiger partial charge is 0.466 e. The molecular formula is C12H13F3O3. The molecule has 1 rings (SSSR count). The van der Waals surface area contributed by atoms with Crippen molar-refractivity contribution in [3.05, 3.63) is 29.3 Å². The Balaban J connectivity index is 2.77. The van der Waals surface area contributed by atoms with E-state index in [1.54, 1.807) is 13.8 Å². The molecular weight excluding hydrogens is 249 g/mol. The SMILES string of the molecule is CCOC(=O)Cc1ccc(OC(F)(F)F)cc1C. The number of hydrogen-bond donors (Lipinski definition) is 0. The van der Waals surface area contributed by atoms with Crippen molar-refractivity contribution in [3.8, 4) is 5.75 Å². The third-order valence-corrected chi connectivity index (χ3v) is 2.19. The van der Waals surface area contributed by atoms with Crippen LogP contribution >= 0.6 is 0 Å². The summed E-state index contributed by atoms with van der Waals surface area (Å²) in [6, 6.07) is 3.84. The van der Waals surface area contributed by atoms with Crippen LogP contribution in [-0.4, -0.2) is 18.9 Å². The number of ether oxygens (including phenoxy) is 2. The van der Waals surface area contributed by atoms with Crippen LogP contribution in [0.1, 0.15) is 18.1 Å². The molecule has 0 aromatic heterocycles. The lowest BCUT2D eigenvalue weighted by molar-refractivity contribution is -0.274. The summed E-state index contributed by atoms with van der Waals surface area (Å²) in [6.45, 7) is 3.57. The lowest BCUT2D eigenvalue weighted by Crippen LogP contribution is -2.17. The van der Waals surface area contributed by atoms with Gasteiger partial charge in [0, 0.05) is 0 Å². The van der Waals surface area contributed by atoms with Gasteiger partial charge in [-0.05, 0) is 37.1 Å². The Morgan fingerprint density at radius 1 is 1.33 bits per heavy atom. The molecule has 100 valence electrons. The van der Waals surface area contributed by atoms with Crippen molar-refractivity contribution in [2.45, 2.75) is 26.6 Å². The summed E-state index contributed by atoms with van der Waals surface area (Å²) in [6.07, 6.45) is -4.68. The Kier molecular flexibility index (Phi) is 4.58. The monoisotopic (exact) mass is 262 g/mol. The van der Waals surface area contributed by atoms with E-state index < -0.39 is 12.3 Å². The fourth-order valence-electron chi connectivity index (χ4n) is 1.43. The van der Waals surface area contributed by atoms with Gasteiger partial charge >= 0.3 is 12.3 Å². The molecule has 18 heavy (non-hydrogen) atoms. The molecule has 0 radical (unpaired) electrons. The lowest BCUT2D eigenvalue weighted by atomic mass is 10.1. The van der Waals surface area contributed by atoms with E-state index in [0.29, 0.717) is 11.1 Å². The van der Waals surface area contributed by atoms with E-state index in [-0.39, 0.29) is 18.8 Å². The van der Waals surface area contributed by atoms with Gasteiger partial charge in [0.1, 0.15) is 5.75 Å². The summed E-state index contributed by atoms with van der Waals surface area (Å²) in [4.78, 5) is 11.2. The molecule has 0 N–H and O–H groups in total. The van der Waals surface area contributed by atoms with E-state index in [4.69, 9.17) is 4.74 Å². The highest BCUT2D eigenvalue weighted by Gasteiger charge is 2.31. The average molecular weight is 262 g/mol. The topological polar surface area (TPSA) is 35.5 Å². The highest BCUT2D eigenvalue weighted by molar-refractivity contribution is 5.73. The summed E-state index contributed by atoms with van der Waals surface area (Å²) < 4.78 is 44.5. The lowest BCUT2D eigenvalue weighted by Gasteiger charge is -2.11. The van der Waals surface area contributed by atoms with Crippen LogP contribution in [0.2, 0.25) is 0 Å². The predicted octanol–water partition coefficient (Wildman–Crippen LogP) is 3.00. The summed E-state index contributed by atoms with van der Waals surface area (Å²) >= 11 is 0. The molecule has 3 nitrogen and oxygen atoms in total. The number of esters is 1. The minimum atomic E-state index is -4.71. The van der Waals surface area contributed by atoms with E-state index in [0.717, 1.165) is 0 Å². The van der Waals surface area contributed by atoms with Crippen LogP contribution in [0.25, 0.3) is 0 Å². The van der Waals surface area contributed by atoms with Crippen LogP contribution in [0.5, 0.6) is 5.75 Å². The van der Waals surface area contributed by atoms with Gasteiger partial charge in [0.25, 0.3) is 0 Å². The Morgan fingerprint density at radius 3 is 2.50 bits per heavy atom. The van der Waals surface area contributed by atoms with Crippen molar-refractivity contribution in [2.75, 3.05) is 6.61 Å². The number of aryl methyl sites for hydroxylation is 1. The first kappa shape index (κ1) is 14.3. The zero-order valence-corrected chi connectivity index (χ0v) is 10.0. The quantitative estimate of drug-likeness (QED) is 0.782. The van der Waals surface area contributed by atoms with Crippen LogP contribution in [0, 0.1) is 6.92 Å². The zero-order chi connectivity index (χ0) is 13.8. The van der Waals surface area contributed by atoms with Gasteiger partial charge in [-0.15, -0.1) is 13.2 Å². The Bertz CT molecular complexity index is 427. The normalized spacial score (nSPS) is 11.2. The standard InChI is InChI=1S/C12H13F3O3/c1-3-17-11(16)7-9-4-5-10(6-8(9)2)18-12(13,14)15/h4-6H,3,7H2,1-2H3. The fraction of sp³-hybridized carbons (Fsp3) is 0.417. The van der Waals surface area contributed by atoms with Gasteiger partial charge in [-0.1, -0.05) is 6.07 Å². The van der Waals surface area contributed by atoms with E-state index in [1.807, 2.05) is 0 Å². The van der Waals surface area contributed by atoms with E-state index in [9.17, 15) is 18.0 Å². The molecule has 0 saturated carbocycles. The van der Waals surface area contributed by atoms with Gasteiger partial charge < -0.3 is 9.47 Å². The summed E-state index contributed by atoms with van der Waals surface area (Å²) in [5.41, 5.74) is 1.16. The second-order valence-corrected chi connectivity index (χ2v) is 3.62. The fourth-order valence-corrected chi connectivity index (χ4v) is 1.43. The summed E-state index contributed by atoms with van der Waals surface area (Å²) in [7, 11) is 0. The number of carbonyl (C=O) groups excluding carboxylic acids is 1. The third kappa shape index (κ3) is 4.65. The van der Waals surface area contributed by atoms with Crippen LogP contribution in [-0.2, 0) is 16.0 Å². The second kappa shape index (κ2) is 5.75. The molecule has 0 spiro atoms. The highest BCUT2D eigenvalue weighted by atomic mass is 19.4. The Hall–Kier alpha value is -1.72. The molecule has 0 amide bonds. The molecule has 0 fully saturated rings. The minimum absolute atomic E-state index is 0.0337. The van der Waals surface area contributed by atoms with E-state index >= 15 is 0 Å². The highest BCUT2D eigenvalue weighted by Crippen LogP contribution is 2.25. The first-order valence-corrected chi connectivity index (χ1v) is 5.32. The van der Waals surface area contributed by atoms with Crippen molar-refractivity contribution in [2.24, 2.45) is 0 Å². The number of alkyl halides is 3. The number of hydrogen-bond acceptors (Lipinski definition) is 3. The van der Waals surface area contributed by atoms with Crippen molar-refractivity contribution >= 4 is 5.97 Å². The van der Waals surface area contributed by atoms with Crippen molar-refractivity contribution in [1.82, 2.24) is 0 Å². The number of benzene rings is 1. The predicted molar refractivity (Wildman–Crippen MR) is 58.2 cm³/mol. The van der Waals surface area contributed by atoms with Crippen LogP contribution < -0.4 is 4.74 Å². The van der Waals surface area contributed by atoms with Crippen LogP contribution in [0.15, 0.2) is 18.2 Å². The van der Waals surface area contributed by atoms with E-state index in [1.165, 1.54) is 18.2 Å². The molecule has 0 aliphatic carbocycles. The molecule has 0 saturated heterocycles. The van der Waals surface area contributed by atoms with Crippen molar-refractivity contribution < 1.29 is 27.4 Å². The number of carbonyl (C=O) groups is 1. The Labute approximate surface area is 103 Å². The molecule has 0 heterocycles. The summed E-state index contributed by atoms with van der Waals surface area (Å²) in [5, 5.41) is 0. The first-order valence-electron chi connectivity index (χ1n) is 5.32. The molecule has 1 aromatic rings. The average Bonchev–Trinajstić information content (AvgIpc) is 2.20. The molecule has 0 bridgehead atoms. The maximum atomic E-state index is 12.0. The molecule has 0 atom stereocenters. The van der Waals surface area contributed by atoms with Gasteiger partial charge in [0.15, 0.2) is 0 Å². The molecule has 6 heteroatoms. The third-order valence-electron chi connectivity index (χ3n) is 2.19. The molecule has 0 aliphatic heterocycles. The van der Waals surface area contributed by atoms with Gasteiger partial charge in [-0.2, -0.15) is 0 Å². The molecule has 0 unspecified atom stereocenters. The zero-order valence-electron chi connectivity index (χ0n) is 10.0. The minimum Gasteiger partial charge on any atom is -0.466 e. The van der Waals surface area contributed by atoms with Gasteiger partial charge in [-0.25, -0.2) is 0 Å². The Morgan fingerprint density at radius 2 is 2.00 bits per heavy atom. The molecule has 1 aromatic carbocycles. The maximum absolute atomic E-state index is 12.0. The van der Waals surface area contributed by atoms with E-state index in [2.05, 4.69) is 4.74 Å². The van der Waals surface area contributed by atoms with Gasteiger partial charge in [0.05, 0.1) is 13.0 Å². The number of halogens is 3. The molecule has 0 aliphatic rings. The van der Waals surface area contributed by atoms with Crippen LogP contribution in [0.4, 0.5) is 13.2 Å². The van der Waals surface area contributed by atoms with Crippen molar-refractivity contribution in [1.29, 1.82) is 0 Å². The van der Waals surface area contributed by atoms with Gasteiger partial charge in [0.2, 0.25) is 0 Å². The van der Waals surface area contributed by atoms with Crippen LogP contribution in [0.3, 0.4) is 0 Å². The summed E-state index contributed by atoms with van der Waals surface area (Å²) in [5.74, 6) is -0.710.